The normalized spacial score (nSPS) is 22.2. The molecule has 0 aromatic carbocycles. The molecule has 1 aromatic heterocycles. The molecule has 0 radical (unpaired) electrons. The number of nitro groups is 1. The number of nitrogen functional groups attached to an aromatic ring is 1. The summed E-state index contributed by atoms with van der Waals surface area (Å²) < 4.78 is 0. The van der Waals surface area contributed by atoms with E-state index in [1.807, 2.05) is 11.8 Å². The van der Waals surface area contributed by atoms with Crippen molar-refractivity contribution in [1.82, 2.24) is 4.98 Å². The van der Waals surface area contributed by atoms with Crippen molar-refractivity contribution in [2.24, 2.45) is 5.84 Å². The summed E-state index contributed by atoms with van der Waals surface area (Å²) in [5.74, 6) is 6.06. The molecule has 1 saturated carbocycles. The molecule has 19 heavy (non-hydrogen) atoms. The molecule has 1 fully saturated rings. The summed E-state index contributed by atoms with van der Waals surface area (Å²) in [6.45, 7) is 0. The number of pyridine rings is 1. The molecule has 2 atom stereocenters. The van der Waals surface area contributed by atoms with E-state index in [0.717, 1.165) is 12.8 Å². The summed E-state index contributed by atoms with van der Waals surface area (Å²) in [5.41, 5.74) is 2.33. The van der Waals surface area contributed by atoms with Gasteiger partial charge in [0.05, 0.1) is 17.1 Å². The third-order valence-electron chi connectivity index (χ3n) is 3.26. The van der Waals surface area contributed by atoms with Gasteiger partial charge in [0.1, 0.15) is 11.6 Å². The first-order chi connectivity index (χ1) is 9.13. The van der Waals surface area contributed by atoms with Crippen molar-refractivity contribution in [3.05, 3.63) is 22.2 Å². The van der Waals surface area contributed by atoms with Gasteiger partial charge in [0.15, 0.2) is 0 Å². The lowest BCUT2D eigenvalue weighted by molar-refractivity contribution is -0.384. The van der Waals surface area contributed by atoms with E-state index in [1.165, 1.54) is 18.6 Å². The number of hydrogen-bond acceptors (Lipinski definition) is 7. The number of rotatable bonds is 5. The number of nitrogens with two attached hydrogens (primary N) is 1. The molecule has 7 nitrogen and oxygen atoms in total. The minimum atomic E-state index is -0.450. The molecule has 2 unspecified atom stereocenters. The van der Waals surface area contributed by atoms with Crippen LogP contribution in [0.1, 0.15) is 19.3 Å². The molecule has 104 valence electrons. The lowest BCUT2D eigenvalue weighted by Crippen LogP contribution is -2.26. The lowest BCUT2D eigenvalue weighted by atomic mass is 10.2. The van der Waals surface area contributed by atoms with Gasteiger partial charge in [-0.05, 0) is 19.1 Å². The maximum atomic E-state index is 10.9. The third-order valence-corrected chi connectivity index (χ3v) is 4.43. The van der Waals surface area contributed by atoms with Gasteiger partial charge in [-0.3, -0.25) is 10.1 Å². The first kappa shape index (κ1) is 13.9. The van der Waals surface area contributed by atoms with Crippen molar-refractivity contribution in [2.75, 3.05) is 17.0 Å². The number of nitrogens with zero attached hydrogens (tertiary/aromatic N) is 2. The molecular weight excluding hydrogens is 266 g/mol. The fourth-order valence-corrected chi connectivity index (χ4v) is 3.27. The highest BCUT2D eigenvalue weighted by atomic mass is 32.2. The van der Waals surface area contributed by atoms with Gasteiger partial charge in [0.25, 0.3) is 5.69 Å². The van der Waals surface area contributed by atoms with Gasteiger partial charge in [-0.2, -0.15) is 11.8 Å². The van der Waals surface area contributed by atoms with Gasteiger partial charge in [-0.25, -0.2) is 10.8 Å². The van der Waals surface area contributed by atoms with Gasteiger partial charge >= 0.3 is 0 Å². The Bertz CT molecular complexity index is 470. The van der Waals surface area contributed by atoms with Gasteiger partial charge in [-0.1, -0.05) is 6.42 Å². The highest BCUT2D eigenvalue weighted by molar-refractivity contribution is 7.99. The molecule has 1 aliphatic carbocycles. The fourth-order valence-electron chi connectivity index (χ4n) is 2.33. The van der Waals surface area contributed by atoms with Gasteiger partial charge in [0, 0.05) is 11.3 Å². The van der Waals surface area contributed by atoms with Crippen molar-refractivity contribution < 1.29 is 4.92 Å². The summed E-state index contributed by atoms with van der Waals surface area (Å²) in [4.78, 5) is 14.6. The van der Waals surface area contributed by atoms with Gasteiger partial charge < -0.3 is 10.7 Å². The standard InChI is InChI=1S/C11H17N5O2S/c1-19-9-4-2-3-8(9)13-10-5-7(16(17)18)6-11(14-10)15-12/h5-6,8-9H,2-4,12H2,1H3,(H2,13,14,15). The highest BCUT2D eigenvalue weighted by Crippen LogP contribution is 2.31. The molecule has 0 aliphatic heterocycles. The summed E-state index contributed by atoms with van der Waals surface area (Å²) >= 11 is 1.82. The Hall–Kier alpha value is -1.54. The second-order valence-electron chi connectivity index (χ2n) is 4.45. The molecule has 2 rings (SSSR count). The van der Waals surface area contributed by atoms with Crippen LogP contribution in [-0.4, -0.2) is 27.5 Å². The molecule has 4 N–H and O–H groups in total. The number of thioether (sulfide) groups is 1. The number of hydrazine groups is 1. The fraction of sp³-hybridized carbons (Fsp3) is 0.545. The lowest BCUT2D eigenvalue weighted by Gasteiger charge is -2.19. The number of hydrogen-bond donors (Lipinski definition) is 3. The van der Waals surface area contributed by atoms with Gasteiger partial charge in [0.2, 0.25) is 0 Å². The number of nitrogens with one attached hydrogen (secondary N) is 2. The highest BCUT2D eigenvalue weighted by Gasteiger charge is 2.27. The summed E-state index contributed by atoms with van der Waals surface area (Å²) in [7, 11) is 0. The second-order valence-corrected chi connectivity index (χ2v) is 5.53. The maximum absolute atomic E-state index is 10.9. The Labute approximate surface area is 115 Å². The smallest absolute Gasteiger partial charge is 0.276 e. The average Bonchev–Trinajstić information content (AvgIpc) is 2.85. The minimum absolute atomic E-state index is 0.0239. The minimum Gasteiger partial charge on any atom is -0.366 e. The summed E-state index contributed by atoms with van der Waals surface area (Å²) in [6, 6.07) is 3.05. The van der Waals surface area contributed by atoms with E-state index in [1.54, 1.807) is 0 Å². The van der Waals surface area contributed by atoms with Crippen LogP contribution in [-0.2, 0) is 0 Å². The van der Waals surface area contributed by atoms with Crippen molar-refractivity contribution in [3.63, 3.8) is 0 Å². The largest absolute Gasteiger partial charge is 0.366 e. The van der Waals surface area contributed by atoms with E-state index in [9.17, 15) is 10.1 Å². The molecule has 1 heterocycles. The molecule has 8 heteroatoms. The molecule has 0 spiro atoms. The predicted octanol–water partition coefficient (Wildman–Crippen LogP) is 1.97. The van der Waals surface area contributed by atoms with E-state index in [0.29, 0.717) is 17.1 Å². The third kappa shape index (κ3) is 3.27. The molecule has 1 aliphatic rings. The quantitative estimate of drug-likeness (QED) is 0.431. The van der Waals surface area contributed by atoms with Crippen molar-refractivity contribution in [2.45, 2.75) is 30.6 Å². The van der Waals surface area contributed by atoms with Crippen LogP contribution in [0.4, 0.5) is 17.3 Å². The Morgan fingerprint density at radius 3 is 2.84 bits per heavy atom. The Balaban J connectivity index is 2.19. The van der Waals surface area contributed by atoms with Crippen LogP contribution in [0.25, 0.3) is 0 Å². The number of anilines is 2. The maximum Gasteiger partial charge on any atom is 0.276 e. The van der Waals surface area contributed by atoms with Crippen molar-refractivity contribution in [1.29, 1.82) is 0 Å². The summed E-state index contributed by atoms with van der Waals surface area (Å²) in [5, 5.41) is 14.7. The zero-order chi connectivity index (χ0) is 13.8. The zero-order valence-corrected chi connectivity index (χ0v) is 11.4. The second kappa shape index (κ2) is 6.07. The van der Waals surface area contributed by atoms with E-state index in [2.05, 4.69) is 22.0 Å². The predicted molar refractivity (Wildman–Crippen MR) is 77.3 cm³/mol. The Morgan fingerprint density at radius 2 is 2.21 bits per heavy atom. The van der Waals surface area contributed by atoms with Crippen LogP contribution in [0.2, 0.25) is 0 Å². The molecule has 0 saturated heterocycles. The monoisotopic (exact) mass is 283 g/mol. The van der Waals surface area contributed by atoms with Crippen LogP contribution in [0.3, 0.4) is 0 Å². The Morgan fingerprint density at radius 1 is 1.47 bits per heavy atom. The van der Waals surface area contributed by atoms with Crippen LogP contribution >= 0.6 is 11.8 Å². The summed E-state index contributed by atoms with van der Waals surface area (Å²) in [6.07, 6.45) is 5.47. The average molecular weight is 283 g/mol. The van der Waals surface area contributed by atoms with E-state index in [-0.39, 0.29) is 11.5 Å². The molecule has 1 aromatic rings. The van der Waals surface area contributed by atoms with E-state index < -0.39 is 4.92 Å². The molecular formula is C11H17N5O2S. The van der Waals surface area contributed by atoms with Crippen LogP contribution in [0.5, 0.6) is 0 Å². The molecule has 0 amide bonds. The van der Waals surface area contributed by atoms with E-state index in [4.69, 9.17) is 5.84 Å². The van der Waals surface area contributed by atoms with Gasteiger partial charge in [-0.15, -0.1) is 0 Å². The molecule has 0 bridgehead atoms. The zero-order valence-electron chi connectivity index (χ0n) is 10.6. The SMILES string of the molecule is CSC1CCCC1Nc1cc([N+](=O)[O-])cc(NN)n1. The first-order valence-electron chi connectivity index (χ1n) is 6.06. The Kier molecular flexibility index (Phi) is 4.43. The van der Waals surface area contributed by atoms with Crippen LogP contribution in [0, 0.1) is 10.1 Å². The number of aromatic nitrogens is 1. The van der Waals surface area contributed by atoms with Crippen molar-refractivity contribution in [3.8, 4) is 0 Å². The van der Waals surface area contributed by atoms with Crippen molar-refractivity contribution >= 4 is 29.1 Å². The van der Waals surface area contributed by atoms with Crippen LogP contribution < -0.4 is 16.6 Å². The first-order valence-corrected chi connectivity index (χ1v) is 7.35. The van der Waals surface area contributed by atoms with E-state index >= 15 is 0 Å². The van der Waals surface area contributed by atoms with Crippen LogP contribution in [0.15, 0.2) is 12.1 Å². The topological polar surface area (TPSA) is 106 Å².